The van der Waals surface area contributed by atoms with Gasteiger partial charge in [-0.05, 0) is 77.8 Å². The molecule has 0 saturated heterocycles. The fraction of sp³-hybridized carbons (Fsp3) is 0.356. The minimum Gasteiger partial charge on any atom is 5.00 e. The molecule has 2 aromatic rings. The van der Waals surface area contributed by atoms with E-state index in [0.29, 0.717) is 0 Å². The normalized spacial score (nSPS) is 12.3. The molecule has 0 N–H and O–H groups in total. The van der Waals surface area contributed by atoms with E-state index in [9.17, 15) is 0 Å². The number of halogens is 1. The van der Waals surface area contributed by atoms with Gasteiger partial charge >= 0.3 is 46.5 Å². The van der Waals surface area contributed by atoms with Crippen molar-refractivity contribution in [1.29, 1.82) is 10.5 Å². The largest absolute Gasteiger partial charge is 5.00 e. The molecule has 0 aromatic carbocycles. The zero-order valence-corrected chi connectivity index (χ0v) is 43.6. The Morgan fingerprint density at radius 1 is 0.569 bits per heavy atom. The second kappa shape index (κ2) is 48.0. The second-order valence-electron chi connectivity index (χ2n) is 11.9. The van der Waals surface area contributed by atoms with Crippen LogP contribution in [0.15, 0.2) is 73.9 Å². The summed E-state index contributed by atoms with van der Waals surface area (Å²) in [5, 5.41) is 36.8. The van der Waals surface area contributed by atoms with Crippen LogP contribution in [-0.2, 0) is 36.8 Å². The van der Waals surface area contributed by atoms with Crippen LogP contribution >= 0.6 is 9.69 Å². The first kappa shape index (κ1) is 71.2. The van der Waals surface area contributed by atoms with Crippen molar-refractivity contribution in [2.45, 2.75) is 68.7 Å². The number of aromatic nitrogens is 2. The molecule has 0 saturated carbocycles. The molecule has 2 aromatic heterocycles. The molecule has 0 spiro atoms. The summed E-state index contributed by atoms with van der Waals surface area (Å²) < 4.78 is 10.7. The maximum atomic E-state index is 7.44. The molecule has 4 aliphatic heterocycles. The first-order chi connectivity index (χ1) is 30.2. The number of hydrogen-bond donors (Lipinski definition) is 0. The van der Waals surface area contributed by atoms with Gasteiger partial charge in [0.2, 0.25) is 0 Å². The van der Waals surface area contributed by atoms with Crippen molar-refractivity contribution in [3.8, 4) is 23.6 Å². The topological polar surface area (TPSA) is 185 Å². The number of rotatable bonds is 6. The fourth-order valence-electron chi connectivity index (χ4n) is 4.06. The molecule has 17 nitrogen and oxygen atoms in total. The van der Waals surface area contributed by atoms with Crippen molar-refractivity contribution in [2.75, 3.05) is 62.0 Å². The van der Waals surface area contributed by atoms with Crippen molar-refractivity contribution in [3.63, 3.8) is 0 Å². The van der Waals surface area contributed by atoms with E-state index in [2.05, 4.69) is 61.2 Å². The zero-order chi connectivity index (χ0) is 49.2. The van der Waals surface area contributed by atoms with Crippen molar-refractivity contribution < 1.29 is 46.3 Å². The molecule has 6 rings (SSSR count). The van der Waals surface area contributed by atoms with E-state index >= 15 is 0 Å². The van der Waals surface area contributed by atoms with Gasteiger partial charge in [0, 0.05) is 24.3 Å². The average Bonchev–Trinajstić information content (AvgIpc) is 4.10. The summed E-state index contributed by atoms with van der Waals surface area (Å²) in [5.74, 6) is 4.82. The van der Waals surface area contributed by atoms with Gasteiger partial charge in [0.05, 0.1) is 14.2 Å². The smallest absolute Gasteiger partial charge is 5.00 e. The molecule has 1 radical (unpaired) electrons. The van der Waals surface area contributed by atoms with Gasteiger partial charge in [0.1, 0.15) is 34.8 Å². The summed E-state index contributed by atoms with van der Waals surface area (Å²) in [5.41, 5.74) is 0. The second-order valence-corrected chi connectivity index (χ2v) is 11.9. The predicted molar refractivity (Wildman–Crippen MR) is 268 cm³/mol. The van der Waals surface area contributed by atoms with E-state index in [-0.39, 0.29) is 26.9 Å². The first-order valence-corrected chi connectivity index (χ1v) is 21.4. The molecule has 0 aliphatic carbocycles. The fourth-order valence-corrected chi connectivity index (χ4v) is 4.06. The zero-order valence-electron chi connectivity index (χ0n) is 39.4. The third-order valence-electron chi connectivity index (χ3n) is 6.15. The van der Waals surface area contributed by atoms with Crippen LogP contribution in [0, 0.1) is 63.2 Å². The van der Waals surface area contributed by atoms with Gasteiger partial charge in [-0.2, -0.15) is 0 Å². The molecule has 6 heterocycles. The van der Waals surface area contributed by atoms with Gasteiger partial charge in [-0.3, -0.25) is 0 Å². The van der Waals surface area contributed by atoms with Crippen LogP contribution in [-0.4, -0.2) is 90.6 Å². The minimum absolute atomic E-state index is 0. The Labute approximate surface area is 420 Å². The van der Waals surface area contributed by atoms with Crippen LogP contribution in [0.4, 0.5) is 23.3 Å². The number of methoxy groups -OCH3 is 2. The van der Waals surface area contributed by atoms with E-state index < -0.39 is 0 Å². The Kier molecular flexibility index (Phi) is 52.5. The van der Waals surface area contributed by atoms with Crippen LogP contribution in [0.1, 0.15) is 68.7 Å². The number of pyridine rings is 2. The predicted octanol–water partition coefficient (Wildman–Crippen LogP) is 10.3. The number of hydrogen-bond acceptors (Lipinski definition) is 14. The third kappa shape index (κ3) is 33.7. The first-order valence-electron chi connectivity index (χ1n) is 19.2. The monoisotopic (exact) mass is 1090 g/mol. The SMILES string of the molecule is C.CC=[N-].CC=[N-].CC=[N-].CCC.CCC.COc1cc(N2C=CN(C)[CH-]2)nc(N2C=CN(C)[CH-]2)c1.COc1cc(N2C=CN(C)[CH-]2)nc(N2C=CN(C)[CH-]2)c1.[CH2-]C#N.[CH2-]C#N.[Cl][Ru].[Ru+5]. The van der Waals surface area contributed by atoms with Crippen molar-refractivity contribution >= 4 is 51.6 Å². The summed E-state index contributed by atoms with van der Waals surface area (Å²) in [6.07, 6.45) is 21.2. The Hall–Kier alpha value is -5.47. The van der Waals surface area contributed by atoms with Crippen molar-refractivity contribution in [2.24, 2.45) is 0 Å². The van der Waals surface area contributed by atoms with Gasteiger partial charge in [-0.25, -0.2) is 39.1 Å². The van der Waals surface area contributed by atoms with Gasteiger partial charge in [0.25, 0.3) is 0 Å². The number of ether oxygens (including phenoxy) is 2. The third-order valence-corrected chi connectivity index (χ3v) is 6.15. The van der Waals surface area contributed by atoms with Crippen LogP contribution in [0.25, 0.3) is 16.2 Å². The van der Waals surface area contributed by atoms with E-state index in [1.165, 1.54) is 25.0 Å². The summed E-state index contributed by atoms with van der Waals surface area (Å²) in [6.45, 7) is 26.6. The maximum absolute atomic E-state index is 7.44. The molecule has 20 heteroatoms. The molecule has 0 fully saturated rings. The number of nitrogens with zero attached hydrogens (tertiary/aromatic N) is 15. The number of nitriles is 2. The Morgan fingerprint density at radius 2 is 0.723 bits per heavy atom. The van der Waals surface area contributed by atoms with Crippen LogP contribution in [0.3, 0.4) is 0 Å². The van der Waals surface area contributed by atoms with E-state index in [4.69, 9.17) is 36.2 Å². The van der Waals surface area contributed by atoms with Crippen LogP contribution in [0.5, 0.6) is 11.5 Å². The number of anilines is 4. The quantitative estimate of drug-likeness (QED) is 0.151. The summed E-state index contributed by atoms with van der Waals surface area (Å²) in [6, 6.07) is 10.6. The van der Waals surface area contributed by atoms with Gasteiger partial charge in [-0.15, -0.1) is 38.8 Å². The minimum atomic E-state index is 0. The molecule has 0 amide bonds. The molecule has 364 valence electrons. The molecule has 4 aliphatic rings. The molecular weight excluding hydrogens is 1020 g/mol. The molecular formula is C45H70ClN15O2Ru2-4. The summed E-state index contributed by atoms with van der Waals surface area (Å²) in [7, 11) is 15.8. The summed E-state index contributed by atoms with van der Waals surface area (Å²) >= 11 is 1.82. The Morgan fingerprint density at radius 3 is 0.831 bits per heavy atom. The molecule has 0 bridgehead atoms. The molecule has 0 atom stereocenters. The van der Waals surface area contributed by atoms with Gasteiger partial charge in [0.15, 0.2) is 0 Å². The van der Waals surface area contributed by atoms with Crippen LogP contribution < -0.4 is 29.1 Å². The molecule has 65 heavy (non-hydrogen) atoms. The van der Waals surface area contributed by atoms with Crippen molar-refractivity contribution in [1.82, 2.24) is 29.6 Å². The maximum Gasteiger partial charge on any atom is 5.00 e. The van der Waals surface area contributed by atoms with Crippen LogP contribution in [0.2, 0.25) is 0 Å². The standard InChI is InChI=1S/2C14H17N5O.2C3H8.3C2H4N.2C2H2N.CH4.ClH.2Ru/c2*1-16-4-6-18(10-16)13-8-12(20-3)9-14(15-13)19-7-5-17(2)11-19;2*1-3-2;5*1-2-3;;;;/h2*4-11H,1-3H3;2*3H2,1-2H3;3*2H,1H3;2*1H2;1H4;1H;;/q2*-2;;;5*-1;;;+1;+5/p-1. The van der Waals surface area contributed by atoms with E-state index in [1.54, 1.807) is 35.0 Å². The molecule has 0 unspecified atom stereocenters. The van der Waals surface area contributed by atoms with E-state index in [0.717, 1.165) is 53.4 Å². The van der Waals surface area contributed by atoms with Gasteiger partial charge < -0.3 is 78.7 Å². The Balaban J connectivity index is -0.000000180. The van der Waals surface area contributed by atoms with E-state index in [1.807, 2.05) is 185 Å². The van der Waals surface area contributed by atoms with Crippen molar-refractivity contribution in [3.05, 3.63) is 131 Å². The summed E-state index contributed by atoms with van der Waals surface area (Å²) in [4.78, 5) is 25.0. The average molecular weight is 1090 g/mol. The Bertz CT molecular complexity index is 1490. The van der Waals surface area contributed by atoms with Gasteiger partial charge in [-0.1, -0.05) is 68.7 Å².